The third-order valence-corrected chi connectivity index (χ3v) is 3.72. The van der Waals surface area contributed by atoms with Crippen LogP contribution < -0.4 is 10.6 Å². The molecule has 0 bridgehead atoms. The summed E-state index contributed by atoms with van der Waals surface area (Å²) < 4.78 is 15.4. The van der Waals surface area contributed by atoms with E-state index in [1.54, 1.807) is 23.6 Å². The third-order valence-electron chi connectivity index (χ3n) is 3.72. The van der Waals surface area contributed by atoms with Crippen molar-refractivity contribution < 1.29 is 9.18 Å². The average molecular weight is 342 g/mol. The molecule has 8 heteroatoms. The van der Waals surface area contributed by atoms with E-state index in [1.807, 2.05) is 19.9 Å². The van der Waals surface area contributed by atoms with Crippen LogP contribution in [0.3, 0.4) is 0 Å². The first-order chi connectivity index (χ1) is 11.9. The summed E-state index contributed by atoms with van der Waals surface area (Å²) in [6.45, 7) is 5.80. The number of hydrogen-bond acceptors (Lipinski definition) is 5. The zero-order valence-corrected chi connectivity index (χ0v) is 14.2. The number of benzene rings is 1. The molecule has 0 aliphatic rings. The number of anilines is 2. The highest BCUT2D eigenvalue weighted by molar-refractivity contribution is 5.94. The molecule has 130 valence electrons. The molecule has 0 saturated carbocycles. The van der Waals surface area contributed by atoms with Crippen LogP contribution in [0.15, 0.2) is 30.6 Å². The van der Waals surface area contributed by atoms with Gasteiger partial charge in [-0.15, -0.1) is 10.2 Å². The Hall–Kier alpha value is -3.03. The summed E-state index contributed by atoms with van der Waals surface area (Å²) in [5.74, 6) is -0.606. The Morgan fingerprint density at radius 3 is 2.80 bits per heavy atom. The molecule has 0 unspecified atom stereocenters. The number of carbonyl (C=O) groups excluding carboxylic acids is 1. The molecule has 0 fully saturated rings. The van der Waals surface area contributed by atoms with E-state index in [0.717, 1.165) is 11.3 Å². The van der Waals surface area contributed by atoms with Crippen molar-refractivity contribution >= 4 is 22.9 Å². The molecule has 3 rings (SSSR count). The highest BCUT2D eigenvalue weighted by atomic mass is 19.1. The monoisotopic (exact) mass is 342 g/mol. The number of hydrogen-bond donors (Lipinski definition) is 2. The number of aromatic nitrogens is 4. The summed E-state index contributed by atoms with van der Waals surface area (Å²) in [6, 6.07) is 6.50. The predicted octanol–water partition coefficient (Wildman–Crippen LogP) is 2.75. The number of fused-ring (bicyclic) bond motifs is 1. The maximum Gasteiger partial charge on any atom is 0.243 e. The molecule has 2 heterocycles. The van der Waals surface area contributed by atoms with E-state index in [1.165, 1.54) is 12.4 Å². The van der Waals surface area contributed by atoms with Crippen LogP contribution in [0.5, 0.6) is 0 Å². The first kappa shape index (κ1) is 16.8. The summed E-state index contributed by atoms with van der Waals surface area (Å²) in [5, 5.41) is 17.8. The van der Waals surface area contributed by atoms with E-state index < -0.39 is 5.82 Å². The Kier molecular flexibility index (Phi) is 4.60. The third kappa shape index (κ3) is 3.73. The highest BCUT2D eigenvalue weighted by Crippen LogP contribution is 2.20. The molecule has 3 aromatic rings. The quantitative estimate of drug-likeness (QED) is 0.745. The van der Waals surface area contributed by atoms with Crippen LogP contribution in [0, 0.1) is 12.7 Å². The van der Waals surface area contributed by atoms with Crippen molar-refractivity contribution in [1.82, 2.24) is 19.8 Å². The molecule has 1 aromatic carbocycles. The standard InChI is InChI=1S/C17H19FN6O/c1-10(2)14-7-15(17-22-20-9-24(17)23-14)19-8-16(25)21-13-5-4-11(3)6-12(13)18/h4-7,9-10,19H,8H2,1-3H3,(H,21,25). The van der Waals surface area contributed by atoms with Crippen molar-refractivity contribution in [1.29, 1.82) is 0 Å². The lowest BCUT2D eigenvalue weighted by atomic mass is 10.1. The number of rotatable bonds is 5. The van der Waals surface area contributed by atoms with E-state index >= 15 is 0 Å². The summed E-state index contributed by atoms with van der Waals surface area (Å²) in [4.78, 5) is 12.1. The number of nitrogens with zero attached hydrogens (tertiary/aromatic N) is 4. The first-order valence-electron chi connectivity index (χ1n) is 7.95. The highest BCUT2D eigenvalue weighted by Gasteiger charge is 2.12. The molecule has 0 atom stereocenters. The Balaban J connectivity index is 1.73. The van der Waals surface area contributed by atoms with Crippen LogP contribution >= 0.6 is 0 Å². The SMILES string of the molecule is Cc1ccc(NC(=O)CNc2cc(C(C)C)nn3cnnc23)c(F)c1. The molecule has 0 saturated heterocycles. The summed E-state index contributed by atoms with van der Waals surface area (Å²) >= 11 is 0. The van der Waals surface area contributed by atoms with Crippen molar-refractivity contribution in [3.8, 4) is 0 Å². The largest absolute Gasteiger partial charge is 0.373 e. The van der Waals surface area contributed by atoms with Gasteiger partial charge in [0.2, 0.25) is 11.6 Å². The fraction of sp³-hybridized carbons (Fsp3) is 0.294. The van der Waals surface area contributed by atoms with Crippen molar-refractivity contribution in [2.75, 3.05) is 17.2 Å². The molecule has 2 aromatic heterocycles. The molecule has 0 spiro atoms. The number of halogens is 1. The van der Waals surface area contributed by atoms with Gasteiger partial charge in [-0.3, -0.25) is 4.79 Å². The van der Waals surface area contributed by atoms with Crippen LogP contribution in [0.1, 0.15) is 31.0 Å². The smallest absolute Gasteiger partial charge is 0.243 e. The minimum atomic E-state index is -0.459. The van der Waals surface area contributed by atoms with Gasteiger partial charge in [0.15, 0.2) is 0 Å². The average Bonchev–Trinajstić information content (AvgIpc) is 3.03. The van der Waals surface area contributed by atoms with Crippen molar-refractivity contribution in [3.05, 3.63) is 47.7 Å². The number of aryl methyl sites for hydroxylation is 1. The Morgan fingerprint density at radius 2 is 2.08 bits per heavy atom. The van der Waals surface area contributed by atoms with Crippen molar-refractivity contribution in [2.45, 2.75) is 26.7 Å². The minimum absolute atomic E-state index is 0.0304. The Bertz CT molecular complexity index is 921. The normalized spacial score (nSPS) is 11.1. The van der Waals surface area contributed by atoms with Gasteiger partial charge < -0.3 is 10.6 Å². The Labute approximate surface area is 144 Å². The molecule has 25 heavy (non-hydrogen) atoms. The lowest BCUT2D eigenvalue weighted by Gasteiger charge is -2.11. The summed E-state index contributed by atoms with van der Waals surface area (Å²) in [5.41, 5.74) is 2.97. The summed E-state index contributed by atoms with van der Waals surface area (Å²) in [6.07, 6.45) is 1.51. The van der Waals surface area contributed by atoms with Gasteiger partial charge in [0.05, 0.1) is 23.6 Å². The second kappa shape index (κ2) is 6.84. The molecular formula is C17H19FN6O. The van der Waals surface area contributed by atoms with E-state index in [2.05, 4.69) is 25.9 Å². The fourth-order valence-corrected chi connectivity index (χ4v) is 2.35. The zero-order valence-electron chi connectivity index (χ0n) is 14.2. The molecule has 0 aliphatic heterocycles. The molecule has 0 radical (unpaired) electrons. The van der Waals surface area contributed by atoms with Crippen LogP contribution in [-0.4, -0.2) is 32.3 Å². The van der Waals surface area contributed by atoms with Gasteiger partial charge in [-0.25, -0.2) is 4.39 Å². The van der Waals surface area contributed by atoms with Gasteiger partial charge in [-0.1, -0.05) is 19.9 Å². The van der Waals surface area contributed by atoms with E-state index in [4.69, 9.17) is 0 Å². The molecule has 7 nitrogen and oxygen atoms in total. The van der Waals surface area contributed by atoms with E-state index in [0.29, 0.717) is 11.3 Å². The van der Waals surface area contributed by atoms with Crippen LogP contribution in [0.4, 0.5) is 15.8 Å². The number of nitrogens with one attached hydrogen (secondary N) is 2. The van der Waals surface area contributed by atoms with Crippen LogP contribution in [0.25, 0.3) is 5.65 Å². The van der Waals surface area contributed by atoms with Gasteiger partial charge >= 0.3 is 0 Å². The lowest BCUT2D eigenvalue weighted by molar-refractivity contribution is -0.114. The van der Waals surface area contributed by atoms with Crippen LogP contribution in [0.2, 0.25) is 0 Å². The van der Waals surface area contributed by atoms with Crippen molar-refractivity contribution in [3.63, 3.8) is 0 Å². The van der Waals surface area contributed by atoms with Gasteiger partial charge in [-0.05, 0) is 36.6 Å². The Morgan fingerprint density at radius 1 is 1.28 bits per heavy atom. The first-order valence-corrected chi connectivity index (χ1v) is 7.95. The number of carbonyl (C=O) groups is 1. The fourth-order valence-electron chi connectivity index (χ4n) is 2.35. The van der Waals surface area contributed by atoms with Crippen molar-refractivity contribution in [2.24, 2.45) is 0 Å². The molecule has 0 aliphatic carbocycles. The number of amides is 1. The summed E-state index contributed by atoms with van der Waals surface area (Å²) in [7, 11) is 0. The molecule has 1 amide bonds. The minimum Gasteiger partial charge on any atom is -0.373 e. The van der Waals surface area contributed by atoms with Gasteiger partial charge in [0.1, 0.15) is 12.1 Å². The van der Waals surface area contributed by atoms with Gasteiger partial charge in [0, 0.05) is 0 Å². The van der Waals surface area contributed by atoms with E-state index in [-0.39, 0.29) is 24.1 Å². The van der Waals surface area contributed by atoms with Crippen LogP contribution in [-0.2, 0) is 4.79 Å². The van der Waals surface area contributed by atoms with E-state index in [9.17, 15) is 9.18 Å². The van der Waals surface area contributed by atoms with Gasteiger partial charge in [-0.2, -0.15) is 9.61 Å². The maximum atomic E-state index is 13.8. The topological polar surface area (TPSA) is 84.2 Å². The second-order valence-electron chi connectivity index (χ2n) is 6.12. The molecular weight excluding hydrogens is 323 g/mol. The lowest BCUT2D eigenvalue weighted by Crippen LogP contribution is -2.23. The zero-order chi connectivity index (χ0) is 18.0. The molecule has 2 N–H and O–H groups in total. The van der Waals surface area contributed by atoms with Gasteiger partial charge in [0.25, 0.3) is 0 Å². The predicted molar refractivity (Wildman–Crippen MR) is 93.1 cm³/mol. The second-order valence-corrected chi connectivity index (χ2v) is 6.12. The maximum absolute atomic E-state index is 13.8.